The van der Waals surface area contributed by atoms with Crippen molar-refractivity contribution in [3.63, 3.8) is 0 Å². The lowest BCUT2D eigenvalue weighted by molar-refractivity contribution is -0.194. The molecule has 1 heterocycles. The van der Waals surface area contributed by atoms with Crippen molar-refractivity contribution in [2.45, 2.75) is 77.4 Å². The Labute approximate surface area is 228 Å². The molecule has 1 aliphatic heterocycles. The van der Waals surface area contributed by atoms with Crippen molar-refractivity contribution >= 4 is 41.0 Å². The molecule has 3 rings (SSSR count). The summed E-state index contributed by atoms with van der Waals surface area (Å²) in [6, 6.07) is 5.68. The zero-order valence-electron chi connectivity index (χ0n) is 22.1. The van der Waals surface area contributed by atoms with Crippen LogP contribution >= 0.6 is 23.2 Å². The highest BCUT2D eigenvalue weighted by Crippen LogP contribution is 2.43. The molecule has 0 aromatic heterocycles. The van der Waals surface area contributed by atoms with Gasteiger partial charge in [0.05, 0.1) is 19.6 Å². The standard InChI is InChI=1S/C28H35Cl2NO6/c1-7-21(27(34)37-28(3,4)5)31-24(20-12-11-19(30)13-16(20)2)25(17-9-8-10-18(29)14-17)36-22(26(31)33)15-23(32)35-6/h8-14,16,20-22,24-25H,7,15H2,1-6H3. The number of carbonyl (C=O) groups excluding carboxylic acids is 3. The molecule has 0 N–H and O–H groups in total. The van der Waals surface area contributed by atoms with Gasteiger partial charge >= 0.3 is 11.9 Å². The van der Waals surface area contributed by atoms with Crippen molar-refractivity contribution in [1.82, 2.24) is 4.90 Å². The molecule has 9 heteroatoms. The maximum atomic E-state index is 14.0. The maximum absolute atomic E-state index is 14.0. The summed E-state index contributed by atoms with van der Waals surface area (Å²) in [4.78, 5) is 41.3. The minimum Gasteiger partial charge on any atom is -0.469 e. The number of amides is 1. The zero-order valence-corrected chi connectivity index (χ0v) is 23.6. The molecule has 0 bridgehead atoms. The van der Waals surface area contributed by atoms with Crippen molar-refractivity contribution in [2.75, 3.05) is 7.11 Å². The van der Waals surface area contributed by atoms with Crippen molar-refractivity contribution in [2.24, 2.45) is 11.8 Å². The van der Waals surface area contributed by atoms with E-state index in [0.29, 0.717) is 16.5 Å². The first-order chi connectivity index (χ1) is 17.4. The van der Waals surface area contributed by atoms with Crippen LogP contribution in [-0.2, 0) is 28.6 Å². The highest BCUT2D eigenvalue weighted by molar-refractivity contribution is 6.31. The molecule has 6 unspecified atom stereocenters. The van der Waals surface area contributed by atoms with Crippen LogP contribution in [0.25, 0.3) is 0 Å². The summed E-state index contributed by atoms with van der Waals surface area (Å²) in [5.74, 6) is -1.89. The monoisotopic (exact) mass is 551 g/mol. The van der Waals surface area contributed by atoms with Gasteiger partial charge < -0.3 is 19.1 Å². The molecule has 2 aliphatic rings. The number of hydrogen-bond acceptors (Lipinski definition) is 6. The van der Waals surface area contributed by atoms with Gasteiger partial charge in [-0.1, -0.05) is 61.3 Å². The Morgan fingerprint density at radius 3 is 2.49 bits per heavy atom. The van der Waals surface area contributed by atoms with Crippen LogP contribution in [0.2, 0.25) is 5.02 Å². The minimum atomic E-state index is -1.15. The molecule has 0 radical (unpaired) electrons. The lowest BCUT2D eigenvalue weighted by atomic mass is 9.77. The van der Waals surface area contributed by atoms with E-state index in [1.54, 1.807) is 49.9 Å². The third kappa shape index (κ3) is 6.95. The molecule has 1 aromatic carbocycles. The van der Waals surface area contributed by atoms with Gasteiger partial charge in [0.2, 0.25) is 0 Å². The fourth-order valence-corrected chi connectivity index (χ4v) is 5.39. The van der Waals surface area contributed by atoms with Crippen LogP contribution in [-0.4, -0.2) is 53.6 Å². The SMILES string of the molecule is CCC(C(=O)OC(C)(C)C)N1C(=O)C(CC(=O)OC)OC(c2cccc(Cl)c2)C1C1C=CC(Cl)=CC1C. The predicted molar refractivity (Wildman–Crippen MR) is 142 cm³/mol. The quantitative estimate of drug-likeness (QED) is 0.410. The molecular formula is C28H35Cl2NO6. The summed E-state index contributed by atoms with van der Waals surface area (Å²) in [5, 5.41) is 1.10. The van der Waals surface area contributed by atoms with E-state index in [4.69, 9.17) is 37.4 Å². The average Bonchev–Trinajstić information content (AvgIpc) is 2.80. The van der Waals surface area contributed by atoms with Gasteiger partial charge in [-0.15, -0.1) is 0 Å². The topological polar surface area (TPSA) is 82.1 Å². The average molecular weight is 552 g/mol. The van der Waals surface area contributed by atoms with Crippen molar-refractivity contribution in [1.29, 1.82) is 0 Å². The molecule has 1 aromatic rings. The van der Waals surface area contributed by atoms with Crippen LogP contribution in [0.5, 0.6) is 0 Å². The highest BCUT2D eigenvalue weighted by atomic mass is 35.5. The van der Waals surface area contributed by atoms with Crippen LogP contribution in [0.15, 0.2) is 47.5 Å². The summed E-state index contributed by atoms with van der Waals surface area (Å²) in [5.41, 5.74) is -0.0216. The number of ether oxygens (including phenoxy) is 3. The molecule has 0 saturated carbocycles. The number of rotatable bonds is 7. The Hall–Kier alpha value is -2.35. The van der Waals surface area contributed by atoms with Crippen LogP contribution in [0, 0.1) is 11.8 Å². The van der Waals surface area contributed by atoms with Crippen molar-refractivity contribution < 1.29 is 28.6 Å². The predicted octanol–water partition coefficient (Wildman–Crippen LogP) is 5.61. The molecule has 1 aliphatic carbocycles. The molecule has 0 spiro atoms. The third-order valence-electron chi connectivity index (χ3n) is 6.53. The number of esters is 2. The third-order valence-corrected chi connectivity index (χ3v) is 7.02. The van der Waals surface area contributed by atoms with E-state index < -0.39 is 47.7 Å². The number of allylic oxidation sites excluding steroid dienone is 3. The lowest BCUT2D eigenvalue weighted by Gasteiger charge is -2.50. The Morgan fingerprint density at radius 2 is 1.92 bits per heavy atom. The molecule has 1 amide bonds. The maximum Gasteiger partial charge on any atom is 0.329 e. The summed E-state index contributed by atoms with van der Waals surface area (Å²) >= 11 is 12.6. The van der Waals surface area contributed by atoms with Crippen LogP contribution < -0.4 is 0 Å². The van der Waals surface area contributed by atoms with Crippen LogP contribution in [0.4, 0.5) is 0 Å². The Kier molecular flexibility index (Phi) is 9.48. The molecule has 1 fully saturated rings. The molecule has 6 atom stereocenters. The second-order valence-electron chi connectivity index (χ2n) is 10.4. The number of halogens is 2. The second kappa shape index (κ2) is 12.0. The van der Waals surface area contributed by atoms with E-state index >= 15 is 0 Å². The van der Waals surface area contributed by atoms with Gasteiger partial charge in [0, 0.05) is 16.0 Å². The van der Waals surface area contributed by atoms with Gasteiger partial charge in [-0.25, -0.2) is 4.79 Å². The number of hydrogen-bond donors (Lipinski definition) is 0. The summed E-state index contributed by atoms with van der Waals surface area (Å²) in [6.45, 7) is 9.18. The van der Waals surface area contributed by atoms with Crippen LogP contribution in [0.3, 0.4) is 0 Å². The molecular weight excluding hydrogens is 517 g/mol. The minimum absolute atomic E-state index is 0.0728. The Morgan fingerprint density at radius 1 is 1.22 bits per heavy atom. The lowest BCUT2D eigenvalue weighted by Crippen LogP contribution is -2.63. The number of nitrogens with zero attached hydrogens (tertiary/aromatic N) is 1. The van der Waals surface area contributed by atoms with E-state index in [1.165, 1.54) is 7.11 Å². The van der Waals surface area contributed by atoms with E-state index in [-0.39, 0.29) is 18.3 Å². The number of morpholine rings is 1. The fraction of sp³-hybridized carbons (Fsp3) is 0.536. The second-order valence-corrected chi connectivity index (χ2v) is 11.3. The first-order valence-electron chi connectivity index (χ1n) is 12.4. The van der Waals surface area contributed by atoms with E-state index in [2.05, 4.69) is 0 Å². The largest absolute Gasteiger partial charge is 0.469 e. The smallest absolute Gasteiger partial charge is 0.329 e. The number of carbonyl (C=O) groups is 3. The first-order valence-corrected chi connectivity index (χ1v) is 13.2. The van der Waals surface area contributed by atoms with E-state index in [0.717, 1.165) is 5.56 Å². The summed E-state index contributed by atoms with van der Waals surface area (Å²) < 4.78 is 16.9. The zero-order chi connectivity index (χ0) is 27.5. The highest BCUT2D eigenvalue weighted by Gasteiger charge is 2.51. The van der Waals surface area contributed by atoms with Gasteiger partial charge in [-0.3, -0.25) is 9.59 Å². The summed E-state index contributed by atoms with van der Waals surface area (Å²) in [7, 11) is 1.25. The number of benzene rings is 1. The van der Waals surface area contributed by atoms with Crippen molar-refractivity contribution in [3.8, 4) is 0 Å². The van der Waals surface area contributed by atoms with E-state index in [9.17, 15) is 14.4 Å². The van der Waals surface area contributed by atoms with Crippen molar-refractivity contribution in [3.05, 3.63) is 58.1 Å². The summed E-state index contributed by atoms with van der Waals surface area (Å²) in [6.07, 6.45) is 3.84. The Bertz CT molecular complexity index is 1080. The van der Waals surface area contributed by atoms with Gasteiger partial charge in [-0.2, -0.15) is 0 Å². The first kappa shape index (κ1) is 29.2. The van der Waals surface area contributed by atoms with Gasteiger partial charge in [-0.05, 0) is 56.9 Å². The van der Waals surface area contributed by atoms with Gasteiger partial charge in [0.25, 0.3) is 5.91 Å². The molecule has 202 valence electrons. The number of methoxy groups -OCH3 is 1. The van der Waals surface area contributed by atoms with Crippen LogP contribution in [0.1, 0.15) is 59.1 Å². The molecule has 1 saturated heterocycles. The molecule has 7 nitrogen and oxygen atoms in total. The van der Waals surface area contributed by atoms with Gasteiger partial charge in [0.1, 0.15) is 23.9 Å². The Balaban J connectivity index is 2.18. The fourth-order valence-electron chi connectivity index (χ4n) is 4.92. The molecule has 37 heavy (non-hydrogen) atoms. The van der Waals surface area contributed by atoms with Gasteiger partial charge in [0.15, 0.2) is 0 Å². The van der Waals surface area contributed by atoms with E-state index in [1.807, 2.05) is 32.1 Å². The normalized spacial score (nSPS) is 26.9.